The van der Waals surface area contributed by atoms with E-state index in [4.69, 9.17) is 17.4 Å². The summed E-state index contributed by atoms with van der Waals surface area (Å²) in [6, 6.07) is 0. The van der Waals surface area contributed by atoms with Gasteiger partial charge in [-0.1, -0.05) is 11.6 Å². The predicted molar refractivity (Wildman–Crippen MR) is 38.1 cm³/mol. The molecule has 0 spiro atoms. The Kier molecular flexibility index (Phi) is 2.56. The van der Waals surface area contributed by atoms with Gasteiger partial charge in [0.15, 0.2) is 0 Å². The molecule has 0 aliphatic heterocycles. The van der Waals surface area contributed by atoms with Gasteiger partial charge in [0.1, 0.15) is 5.82 Å². The van der Waals surface area contributed by atoms with E-state index >= 15 is 0 Å². The van der Waals surface area contributed by atoms with Gasteiger partial charge in [-0.3, -0.25) is 11.3 Å². The molecule has 3 N–H and O–H groups in total. The minimum absolute atomic E-state index is 0.456. The molecule has 54 valence electrons. The van der Waals surface area contributed by atoms with Crippen molar-refractivity contribution in [2.75, 3.05) is 0 Å². The van der Waals surface area contributed by atoms with Gasteiger partial charge in [-0.15, -0.1) is 0 Å². The van der Waals surface area contributed by atoms with Gasteiger partial charge < -0.3 is 0 Å². The second-order valence-electron chi connectivity index (χ2n) is 1.70. The Balaban J connectivity index is 2.69. The highest BCUT2D eigenvalue weighted by molar-refractivity contribution is 6.30. The highest BCUT2D eigenvalue weighted by atomic mass is 35.5. The Hall–Kier alpha value is -0.710. The predicted octanol–water partition coefficient (Wildman–Crippen LogP) is 0.0933. The highest BCUT2D eigenvalue weighted by Crippen LogP contribution is 2.01. The molecule has 4 nitrogen and oxygen atoms in total. The van der Waals surface area contributed by atoms with Crippen LogP contribution in [0.4, 0.5) is 0 Å². The van der Waals surface area contributed by atoms with Crippen LogP contribution in [0.5, 0.6) is 0 Å². The zero-order chi connectivity index (χ0) is 7.40. The van der Waals surface area contributed by atoms with Gasteiger partial charge >= 0.3 is 0 Å². The van der Waals surface area contributed by atoms with Crippen molar-refractivity contribution >= 4 is 11.6 Å². The van der Waals surface area contributed by atoms with E-state index in [1.165, 1.54) is 12.4 Å². The van der Waals surface area contributed by atoms with Crippen LogP contribution >= 0.6 is 11.6 Å². The smallest absolute Gasteiger partial charge is 0.143 e. The lowest BCUT2D eigenvalue weighted by Gasteiger charge is -1.95. The minimum Gasteiger partial charge on any atom is -0.271 e. The molecule has 0 amide bonds. The average Bonchev–Trinajstić information content (AvgIpc) is 1.95. The van der Waals surface area contributed by atoms with Crippen LogP contribution in [0.1, 0.15) is 5.82 Å². The summed E-state index contributed by atoms with van der Waals surface area (Å²) in [6.07, 6.45) is 3.06. The maximum absolute atomic E-state index is 5.54. The molecule has 0 aromatic carbocycles. The SMILES string of the molecule is NNCc1ncc(Cl)cn1. The largest absolute Gasteiger partial charge is 0.271 e. The number of rotatable bonds is 2. The van der Waals surface area contributed by atoms with Crippen LogP contribution in [0.3, 0.4) is 0 Å². The first-order chi connectivity index (χ1) is 4.83. The molecule has 0 atom stereocenters. The van der Waals surface area contributed by atoms with Crippen molar-refractivity contribution in [3.8, 4) is 0 Å². The molecule has 0 bridgehead atoms. The summed E-state index contributed by atoms with van der Waals surface area (Å²) in [5.41, 5.74) is 2.44. The molecule has 0 unspecified atom stereocenters. The molecule has 0 aliphatic rings. The summed E-state index contributed by atoms with van der Waals surface area (Å²) in [4.78, 5) is 7.76. The normalized spacial score (nSPS) is 9.80. The van der Waals surface area contributed by atoms with Gasteiger partial charge in [0.05, 0.1) is 11.6 Å². The van der Waals surface area contributed by atoms with Gasteiger partial charge in [0.2, 0.25) is 0 Å². The van der Waals surface area contributed by atoms with Crippen LogP contribution in [0, 0.1) is 0 Å². The second kappa shape index (κ2) is 3.46. The van der Waals surface area contributed by atoms with E-state index in [1.54, 1.807) is 0 Å². The van der Waals surface area contributed by atoms with E-state index in [9.17, 15) is 0 Å². The van der Waals surface area contributed by atoms with Crippen molar-refractivity contribution in [3.63, 3.8) is 0 Å². The Morgan fingerprint density at radius 3 is 2.60 bits per heavy atom. The van der Waals surface area contributed by atoms with E-state index < -0.39 is 0 Å². The quantitative estimate of drug-likeness (QED) is 0.473. The molecule has 1 heterocycles. The first-order valence-corrected chi connectivity index (χ1v) is 3.10. The molecule has 0 radical (unpaired) electrons. The van der Waals surface area contributed by atoms with Gasteiger partial charge in [-0.05, 0) is 0 Å². The lowest BCUT2D eigenvalue weighted by molar-refractivity contribution is 0.700. The third-order valence-corrected chi connectivity index (χ3v) is 1.13. The lowest BCUT2D eigenvalue weighted by Crippen LogP contribution is -2.22. The fourth-order valence-electron chi connectivity index (χ4n) is 0.522. The van der Waals surface area contributed by atoms with Crippen molar-refractivity contribution < 1.29 is 0 Å². The van der Waals surface area contributed by atoms with Crippen LogP contribution in [0.25, 0.3) is 0 Å². The molecule has 0 aliphatic carbocycles. The van der Waals surface area contributed by atoms with Crippen molar-refractivity contribution in [3.05, 3.63) is 23.2 Å². The summed E-state index contributed by atoms with van der Waals surface area (Å²) in [5, 5.41) is 0.528. The summed E-state index contributed by atoms with van der Waals surface area (Å²) in [7, 11) is 0. The standard InChI is InChI=1S/C5H7ClN4/c6-4-1-8-5(3-10-7)9-2-4/h1-2,10H,3,7H2. The van der Waals surface area contributed by atoms with E-state index in [2.05, 4.69) is 15.4 Å². The zero-order valence-corrected chi connectivity index (χ0v) is 5.97. The first-order valence-electron chi connectivity index (χ1n) is 2.73. The number of nitrogens with one attached hydrogen (secondary N) is 1. The number of aromatic nitrogens is 2. The fraction of sp³-hybridized carbons (Fsp3) is 0.200. The second-order valence-corrected chi connectivity index (χ2v) is 2.13. The third-order valence-electron chi connectivity index (χ3n) is 0.934. The maximum Gasteiger partial charge on any atom is 0.143 e. The molecule has 1 aromatic rings. The molecule has 1 rings (SSSR count). The van der Waals surface area contributed by atoms with Crippen LogP contribution in [-0.2, 0) is 6.54 Å². The Labute approximate surface area is 63.4 Å². The van der Waals surface area contributed by atoms with Crippen molar-refractivity contribution in [1.82, 2.24) is 15.4 Å². The lowest BCUT2D eigenvalue weighted by atomic mass is 10.5. The molecule has 1 aromatic heterocycles. The number of halogens is 1. The van der Waals surface area contributed by atoms with E-state index in [0.29, 0.717) is 17.4 Å². The van der Waals surface area contributed by atoms with Gasteiger partial charge in [-0.25, -0.2) is 9.97 Å². The van der Waals surface area contributed by atoms with Crippen LogP contribution in [-0.4, -0.2) is 9.97 Å². The van der Waals surface area contributed by atoms with E-state index in [-0.39, 0.29) is 0 Å². The summed E-state index contributed by atoms with van der Waals surface area (Å²) in [5.74, 6) is 5.67. The number of hydrogen-bond donors (Lipinski definition) is 2. The Bertz CT molecular complexity index is 197. The molecule has 0 saturated heterocycles. The summed E-state index contributed by atoms with van der Waals surface area (Å²) < 4.78 is 0. The first kappa shape index (κ1) is 7.40. The number of nitrogens with zero attached hydrogens (tertiary/aromatic N) is 2. The number of nitrogens with two attached hydrogens (primary N) is 1. The topological polar surface area (TPSA) is 63.8 Å². The molecule has 0 fully saturated rings. The molecular weight excluding hydrogens is 152 g/mol. The summed E-state index contributed by atoms with van der Waals surface area (Å²) in [6.45, 7) is 0.456. The monoisotopic (exact) mass is 158 g/mol. The minimum atomic E-state index is 0.456. The number of hydrogen-bond acceptors (Lipinski definition) is 4. The molecule has 0 saturated carbocycles. The molecule has 5 heteroatoms. The Morgan fingerprint density at radius 2 is 2.10 bits per heavy atom. The zero-order valence-electron chi connectivity index (χ0n) is 5.21. The van der Waals surface area contributed by atoms with Gasteiger partial charge in [0, 0.05) is 12.4 Å². The van der Waals surface area contributed by atoms with Crippen LogP contribution in [0.15, 0.2) is 12.4 Å². The van der Waals surface area contributed by atoms with E-state index in [1.807, 2.05) is 0 Å². The molecular formula is C5H7ClN4. The van der Waals surface area contributed by atoms with Crippen LogP contribution in [0.2, 0.25) is 5.02 Å². The number of hydrazine groups is 1. The average molecular weight is 159 g/mol. The van der Waals surface area contributed by atoms with Crippen molar-refractivity contribution in [2.45, 2.75) is 6.54 Å². The fourth-order valence-corrected chi connectivity index (χ4v) is 0.619. The van der Waals surface area contributed by atoms with Gasteiger partial charge in [0.25, 0.3) is 0 Å². The highest BCUT2D eigenvalue weighted by Gasteiger charge is 1.92. The summed E-state index contributed by atoms with van der Waals surface area (Å²) >= 11 is 5.54. The maximum atomic E-state index is 5.54. The third kappa shape index (κ3) is 1.91. The van der Waals surface area contributed by atoms with Gasteiger partial charge in [-0.2, -0.15) is 0 Å². The Morgan fingerprint density at radius 1 is 1.50 bits per heavy atom. The van der Waals surface area contributed by atoms with Crippen molar-refractivity contribution in [2.24, 2.45) is 5.84 Å². The molecule has 10 heavy (non-hydrogen) atoms. The van der Waals surface area contributed by atoms with Crippen LogP contribution < -0.4 is 11.3 Å². The van der Waals surface area contributed by atoms with Crippen molar-refractivity contribution in [1.29, 1.82) is 0 Å². The van der Waals surface area contributed by atoms with E-state index in [0.717, 1.165) is 0 Å².